The third-order valence-corrected chi connectivity index (χ3v) is 2.98. The van der Waals surface area contributed by atoms with E-state index in [1.165, 1.54) is 6.07 Å². The molecular formula is C16H14FNO. The molecule has 19 heavy (non-hydrogen) atoms. The lowest BCUT2D eigenvalue weighted by atomic mass is 10.0. The number of hydrogen-bond donors (Lipinski definition) is 0. The van der Waals surface area contributed by atoms with Crippen molar-refractivity contribution in [2.45, 2.75) is 12.8 Å². The number of halogens is 1. The molecule has 0 aliphatic heterocycles. The van der Waals surface area contributed by atoms with Gasteiger partial charge in [0.2, 0.25) is 0 Å². The van der Waals surface area contributed by atoms with Crippen LogP contribution in [0.25, 0.3) is 11.1 Å². The van der Waals surface area contributed by atoms with E-state index in [9.17, 15) is 4.39 Å². The maximum Gasteiger partial charge on any atom is 0.127 e. The number of aryl methyl sites for hydroxylation is 1. The summed E-state index contributed by atoms with van der Waals surface area (Å²) in [4.78, 5) is 0. The Hall–Kier alpha value is -2.34. The maximum atomic E-state index is 13.9. The van der Waals surface area contributed by atoms with E-state index in [1.54, 1.807) is 13.2 Å². The van der Waals surface area contributed by atoms with Crippen LogP contribution in [-0.2, 0) is 6.42 Å². The zero-order chi connectivity index (χ0) is 13.7. The van der Waals surface area contributed by atoms with Crippen molar-refractivity contribution >= 4 is 0 Å². The van der Waals surface area contributed by atoms with E-state index in [2.05, 4.69) is 0 Å². The Bertz CT molecular complexity index is 599. The smallest absolute Gasteiger partial charge is 0.127 e. The molecule has 0 aliphatic rings. The molecule has 96 valence electrons. The SMILES string of the molecule is COc1ccc(-c2ccc(CCC#N)c(F)c2)cc1. The van der Waals surface area contributed by atoms with Gasteiger partial charge in [-0.25, -0.2) is 4.39 Å². The van der Waals surface area contributed by atoms with Crippen LogP contribution >= 0.6 is 0 Å². The molecule has 0 bridgehead atoms. The van der Waals surface area contributed by atoms with Gasteiger partial charge >= 0.3 is 0 Å². The van der Waals surface area contributed by atoms with E-state index in [-0.39, 0.29) is 5.82 Å². The predicted molar refractivity (Wildman–Crippen MR) is 72.3 cm³/mol. The normalized spacial score (nSPS) is 9.95. The van der Waals surface area contributed by atoms with Crippen molar-refractivity contribution in [3.63, 3.8) is 0 Å². The molecule has 0 heterocycles. The quantitative estimate of drug-likeness (QED) is 0.828. The van der Waals surface area contributed by atoms with Gasteiger partial charge < -0.3 is 4.74 Å². The van der Waals surface area contributed by atoms with Crippen LogP contribution in [0, 0.1) is 17.1 Å². The number of hydrogen-bond acceptors (Lipinski definition) is 2. The molecule has 0 unspecified atom stereocenters. The second-order valence-electron chi connectivity index (χ2n) is 4.19. The van der Waals surface area contributed by atoms with Gasteiger partial charge in [-0.15, -0.1) is 0 Å². The van der Waals surface area contributed by atoms with Crippen molar-refractivity contribution in [2.75, 3.05) is 7.11 Å². The lowest BCUT2D eigenvalue weighted by Gasteiger charge is -2.06. The summed E-state index contributed by atoms with van der Waals surface area (Å²) in [6, 6.07) is 14.6. The summed E-state index contributed by atoms with van der Waals surface area (Å²) < 4.78 is 19.0. The number of rotatable bonds is 4. The van der Waals surface area contributed by atoms with Crippen molar-refractivity contribution < 1.29 is 9.13 Å². The maximum absolute atomic E-state index is 13.9. The van der Waals surface area contributed by atoms with Crippen molar-refractivity contribution in [1.82, 2.24) is 0 Å². The van der Waals surface area contributed by atoms with Crippen LogP contribution < -0.4 is 4.74 Å². The fourth-order valence-corrected chi connectivity index (χ4v) is 1.90. The highest BCUT2D eigenvalue weighted by atomic mass is 19.1. The van der Waals surface area contributed by atoms with Gasteiger partial charge in [-0.3, -0.25) is 0 Å². The molecule has 0 atom stereocenters. The van der Waals surface area contributed by atoms with Crippen LogP contribution in [0.15, 0.2) is 42.5 Å². The first kappa shape index (κ1) is 13.1. The van der Waals surface area contributed by atoms with Gasteiger partial charge in [-0.05, 0) is 41.3 Å². The molecule has 0 aromatic heterocycles. The number of benzene rings is 2. The molecular weight excluding hydrogens is 241 g/mol. The molecule has 0 fully saturated rings. The average Bonchev–Trinajstić information content (AvgIpc) is 2.46. The van der Waals surface area contributed by atoms with Gasteiger partial charge in [-0.1, -0.05) is 24.3 Å². The Kier molecular flexibility index (Phi) is 4.15. The van der Waals surface area contributed by atoms with Gasteiger partial charge in [0.1, 0.15) is 11.6 Å². The van der Waals surface area contributed by atoms with Crippen molar-refractivity contribution in [3.05, 3.63) is 53.8 Å². The largest absolute Gasteiger partial charge is 0.497 e. The predicted octanol–water partition coefficient (Wildman–Crippen LogP) is 3.96. The number of ether oxygens (including phenoxy) is 1. The minimum Gasteiger partial charge on any atom is -0.497 e. The van der Waals surface area contributed by atoms with E-state index < -0.39 is 0 Å². The van der Waals surface area contributed by atoms with Crippen LogP contribution in [0.4, 0.5) is 4.39 Å². The lowest BCUT2D eigenvalue weighted by molar-refractivity contribution is 0.415. The topological polar surface area (TPSA) is 33.0 Å². The van der Waals surface area contributed by atoms with E-state index in [0.717, 1.165) is 16.9 Å². The minimum atomic E-state index is -0.261. The van der Waals surface area contributed by atoms with E-state index in [0.29, 0.717) is 18.4 Å². The summed E-state index contributed by atoms with van der Waals surface area (Å²) >= 11 is 0. The molecule has 0 aliphatic carbocycles. The van der Waals surface area contributed by atoms with Crippen LogP contribution in [0.5, 0.6) is 5.75 Å². The van der Waals surface area contributed by atoms with Crippen LogP contribution in [-0.4, -0.2) is 7.11 Å². The summed E-state index contributed by atoms with van der Waals surface area (Å²) in [7, 11) is 1.61. The first-order valence-electron chi connectivity index (χ1n) is 6.04. The molecule has 0 saturated heterocycles. The summed E-state index contributed by atoms with van der Waals surface area (Å²) in [5.41, 5.74) is 2.34. The molecule has 2 nitrogen and oxygen atoms in total. The highest BCUT2D eigenvalue weighted by Gasteiger charge is 2.05. The number of nitrogens with zero attached hydrogens (tertiary/aromatic N) is 1. The molecule has 2 aromatic rings. The lowest BCUT2D eigenvalue weighted by Crippen LogP contribution is -1.91. The van der Waals surface area contributed by atoms with Crippen LogP contribution in [0.2, 0.25) is 0 Å². The fourth-order valence-electron chi connectivity index (χ4n) is 1.90. The minimum absolute atomic E-state index is 0.261. The number of methoxy groups -OCH3 is 1. The summed E-state index contributed by atoms with van der Waals surface area (Å²) in [5.74, 6) is 0.512. The number of nitriles is 1. The molecule has 0 radical (unpaired) electrons. The molecule has 0 saturated carbocycles. The Morgan fingerprint density at radius 2 is 1.79 bits per heavy atom. The Balaban J connectivity index is 2.25. The molecule has 0 amide bonds. The third-order valence-electron chi connectivity index (χ3n) is 2.98. The van der Waals surface area contributed by atoms with Crippen LogP contribution in [0.1, 0.15) is 12.0 Å². The highest BCUT2D eigenvalue weighted by Crippen LogP contribution is 2.24. The van der Waals surface area contributed by atoms with Gasteiger partial charge in [0.05, 0.1) is 13.2 Å². The highest BCUT2D eigenvalue weighted by molar-refractivity contribution is 5.64. The molecule has 0 N–H and O–H groups in total. The van der Waals surface area contributed by atoms with Crippen molar-refractivity contribution in [1.29, 1.82) is 5.26 Å². The van der Waals surface area contributed by atoms with Gasteiger partial charge in [0.15, 0.2) is 0 Å². The first-order valence-corrected chi connectivity index (χ1v) is 6.04. The summed E-state index contributed by atoms with van der Waals surface area (Å²) in [6.07, 6.45) is 0.782. The Morgan fingerprint density at radius 3 is 2.37 bits per heavy atom. The molecule has 2 aromatic carbocycles. The molecule has 2 rings (SSSR count). The standard InChI is InChI=1S/C16H14FNO/c1-19-15-8-6-12(7-9-15)14-5-4-13(3-2-10-18)16(17)11-14/h4-9,11H,2-3H2,1H3. The third kappa shape index (κ3) is 3.11. The van der Waals surface area contributed by atoms with E-state index in [1.807, 2.05) is 36.4 Å². The van der Waals surface area contributed by atoms with E-state index >= 15 is 0 Å². The molecule has 3 heteroatoms. The second-order valence-corrected chi connectivity index (χ2v) is 4.19. The van der Waals surface area contributed by atoms with Crippen molar-refractivity contribution in [3.8, 4) is 22.9 Å². The van der Waals surface area contributed by atoms with Crippen LogP contribution in [0.3, 0.4) is 0 Å². The summed E-state index contributed by atoms with van der Waals surface area (Å²) in [5, 5.41) is 8.52. The first-order chi connectivity index (χ1) is 9.24. The second kappa shape index (κ2) is 6.01. The Morgan fingerprint density at radius 1 is 1.11 bits per heavy atom. The fraction of sp³-hybridized carbons (Fsp3) is 0.188. The average molecular weight is 255 g/mol. The van der Waals surface area contributed by atoms with Crippen molar-refractivity contribution in [2.24, 2.45) is 0 Å². The molecule has 0 spiro atoms. The van der Waals surface area contributed by atoms with Gasteiger partial charge in [0.25, 0.3) is 0 Å². The van der Waals surface area contributed by atoms with Gasteiger partial charge in [0, 0.05) is 6.42 Å². The Labute approximate surface area is 112 Å². The monoisotopic (exact) mass is 255 g/mol. The van der Waals surface area contributed by atoms with Gasteiger partial charge in [-0.2, -0.15) is 5.26 Å². The summed E-state index contributed by atoms with van der Waals surface area (Å²) in [6.45, 7) is 0. The zero-order valence-electron chi connectivity index (χ0n) is 10.7. The zero-order valence-corrected chi connectivity index (χ0v) is 10.7. The van der Waals surface area contributed by atoms with E-state index in [4.69, 9.17) is 10.00 Å².